The topological polar surface area (TPSA) is 66.4 Å². The number of hydrogen-bond donors (Lipinski definition) is 0. The largest absolute Gasteiger partial charge is 0.545 e. The van der Waals surface area contributed by atoms with Gasteiger partial charge in [0.2, 0.25) is 0 Å². The zero-order chi connectivity index (χ0) is 13.1. The van der Waals surface area contributed by atoms with Crippen LogP contribution in [-0.2, 0) is 4.74 Å². The molecule has 88 valence electrons. The van der Waals surface area contributed by atoms with Gasteiger partial charge in [-0.1, -0.05) is 24.1 Å². The lowest BCUT2D eigenvalue weighted by molar-refractivity contribution is -0.255. The fourth-order valence-electron chi connectivity index (χ4n) is 1.16. The summed E-state index contributed by atoms with van der Waals surface area (Å²) in [6, 6.07) is 5.65. The molecule has 0 aliphatic rings. The van der Waals surface area contributed by atoms with Gasteiger partial charge in [-0.15, -0.1) is 6.42 Å². The second-order valence-corrected chi connectivity index (χ2v) is 3.88. The molecular weight excluding hydrogens is 220 g/mol. The molecule has 0 aromatic heterocycles. The predicted molar refractivity (Wildman–Crippen MR) is 59.1 cm³/mol. The number of ether oxygens (including phenoxy) is 1. The zero-order valence-electron chi connectivity index (χ0n) is 9.52. The number of carboxylic acid groups (broad SMARTS) is 1. The summed E-state index contributed by atoms with van der Waals surface area (Å²) in [7, 11) is 0. The maximum absolute atomic E-state index is 11.7. The van der Waals surface area contributed by atoms with Gasteiger partial charge in [-0.05, 0) is 19.9 Å². The van der Waals surface area contributed by atoms with E-state index in [2.05, 4.69) is 5.92 Å². The van der Waals surface area contributed by atoms with Crippen molar-refractivity contribution in [3.63, 3.8) is 0 Å². The normalized spacial score (nSPS) is 10.4. The van der Waals surface area contributed by atoms with Gasteiger partial charge in [-0.2, -0.15) is 0 Å². The molecule has 0 amide bonds. The Bertz CT molecular complexity index is 494. The molecule has 0 spiro atoms. The Morgan fingerprint density at radius 1 is 1.29 bits per heavy atom. The van der Waals surface area contributed by atoms with E-state index in [9.17, 15) is 14.7 Å². The van der Waals surface area contributed by atoms with Gasteiger partial charge in [0.05, 0.1) is 11.5 Å². The molecule has 4 nitrogen and oxygen atoms in total. The maximum Gasteiger partial charge on any atom is 0.340 e. The summed E-state index contributed by atoms with van der Waals surface area (Å²) in [5, 5.41) is 10.8. The first-order valence-electron chi connectivity index (χ1n) is 4.89. The average molecular weight is 231 g/mol. The van der Waals surface area contributed by atoms with Gasteiger partial charge in [0.1, 0.15) is 0 Å². The van der Waals surface area contributed by atoms with Crippen LogP contribution in [-0.4, -0.2) is 17.5 Å². The first kappa shape index (κ1) is 12.8. The van der Waals surface area contributed by atoms with Gasteiger partial charge in [0.25, 0.3) is 0 Å². The van der Waals surface area contributed by atoms with Crippen molar-refractivity contribution >= 4 is 11.9 Å². The van der Waals surface area contributed by atoms with Crippen LogP contribution in [0.2, 0.25) is 0 Å². The average Bonchev–Trinajstić information content (AvgIpc) is 2.28. The van der Waals surface area contributed by atoms with Crippen LogP contribution in [0.25, 0.3) is 0 Å². The fraction of sp³-hybridized carbons (Fsp3) is 0.231. The summed E-state index contributed by atoms with van der Waals surface area (Å²) < 4.78 is 5.00. The Hall–Kier alpha value is -2.28. The van der Waals surface area contributed by atoms with Crippen molar-refractivity contribution in [3.8, 4) is 12.3 Å². The van der Waals surface area contributed by atoms with Crippen LogP contribution in [0.4, 0.5) is 0 Å². The molecule has 1 rings (SSSR count). The van der Waals surface area contributed by atoms with Gasteiger partial charge >= 0.3 is 5.97 Å². The lowest BCUT2D eigenvalue weighted by Gasteiger charge is -2.19. The number of esters is 1. The van der Waals surface area contributed by atoms with Crippen molar-refractivity contribution in [1.29, 1.82) is 0 Å². The molecular formula is C13H11O4-. The van der Waals surface area contributed by atoms with Crippen molar-refractivity contribution in [2.75, 3.05) is 0 Å². The van der Waals surface area contributed by atoms with Crippen LogP contribution in [0, 0.1) is 12.3 Å². The molecule has 0 saturated heterocycles. The maximum atomic E-state index is 11.7. The van der Waals surface area contributed by atoms with Crippen LogP contribution in [0.5, 0.6) is 0 Å². The molecule has 0 heterocycles. The first-order chi connectivity index (χ1) is 7.87. The molecule has 0 radical (unpaired) electrons. The number of carbonyl (C=O) groups excluding carboxylic acids is 2. The van der Waals surface area contributed by atoms with E-state index in [1.165, 1.54) is 38.1 Å². The van der Waals surface area contributed by atoms with E-state index in [4.69, 9.17) is 11.2 Å². The molecule has 0 unspecified atom stereocenters. The van der Waals surface area contributed by atoms with Gasteiger partial charge < -0.3 is 14.6 Å². The first-order valence-corrected chi connectivity index (χ1v) is 4.89. The summed E-state index contributed by atoms with van der Waals surface area (Å²) in [5.41, 5.74) is -1.38. The predicted octanol–water partition coefficient (Wildman–Crippen LogP) is 0.619. The van der Waals surface area contributed by atoms with Crippen LogP contribution in [0.1, 0.15) is 34.6 Å². The second-order valence-electron chi connectivity index (χ2n) is 3.88. The molecule has 17 heavy (non-hydrogen) atoms. The van der Waals surface area contributed by atoms with Crippen LogP contribution in [0.15, 0.2) is 24.3 Å². The van der Waals surface area contributed by atoms with Gasteiger partial charge in [0.15, 0.2) is 5.60 Å². The van der Waals surface area contributed by atoms with E-state index in [1.807, 2.05) is 0 Å². The highest BCUT2D eigenvalue weighted by Gasteiger charge is 2.22. The van der Waals surface area contributed by atoms with E-state index in [0.29, 0.717) is 0 Å². The number of benzene rings is 1. The molecule has 0 bridgehead atoms. The van der Waals surface area contributed by atoms with E-state index in [1.54, 1.807) is 0 Å². The highest BCUT2D eigenvalue weighted by Crippen LogP contribution is 2.15. The number of aromatic carboxylic acids is 1. The summed E-state index contributed by atoms with van der Waals surface area (Å²) in [4.78, 5) is 22.5. The minimum atomic E-state index is -1.43. The Balaban J connectivity index is 3.06. The van der Waals surface area contributed by atoms with Crippen LogP contribution < -0.4 is 5.11 Å². The van der Waals surface area contributed by atoms with Gasteiger partial charge in [-0.3, -0.25) is 0 Å². The molecule has 4 heteroatoms. The zero-order valence-corrected chi connectivity index (χ0v) is 9.52. The van der Waals surface area contributed by atoms with Gasteiger partial charge in [0, 0.05) is 5.56 Å². The highest BCUT2D eigenvalue weighted by molar-refractivity contribution is 6.01. The van der Waals surface area contributed by atoms with Gasteiger partial charge in [-0.25, -0.2) is 4.79 Å². The molecule has 1 aromatic carbocycles. The van der Waals surface area contributed by atoms with Crippen molar-refractivity contribution < 1.29 is 19.4 Å². The standard InChI is InChI=1S/C13H12O4/c1-4-13(2,3)17-12(16)10-8-6-5-7-9(10)11(14)15/h1,5-8H,2-3H3,(H,14,15)/p-1. The number of carbonyl (C=O) groups is 2. The van der Waals surface area contributed by atoms with E-state index < -0.39 is 17.5 Å². The summed E-state index contributed by atoms with van der Waals surface area (Å²) >= 11 is 0. The minimum absolute atomic E-state index is 0.0733. The summed E-state index contributed by atoms with van der Waals surface area (Å²) in [6.07, 6.45) is 5.17. The molecule has 0 saturated carbocycles. The molecule has 0 N–H and O–H groups in total. The Morgan fingerprint density at radius 2 is 1.82 bits per heavy atom. The Kier molecular flexibility index (Phi) is 3.54. The molecule has 0 fully saturated rings. The molecule has 0 aliphatic carbocycles. The van der Waals surface area contributed by atoms with E-state index in [-0.39, 0.29) is 11.1 Å². The Labute approximate surface area is 99.2 Å². The number of terminal acetylenes is 1. The highest BCUT2D eigenvalue weighted by atomic mass is 16.6. The molecule has 0 aliphatic heterocycles. The summed E-state index contributed by atoms with van der Waals surface area (Å²) in [5.74, 6) is 0.0659. The van der Waals surface area contributed by atoms with Crippen LogP contribution in [0.3, 0.4) is 0 Å². The fourth-order valence-corrected chi connectivity index (χ4v) is 1.16. The van der Waals surface area contributed by atoms with E-state index in [0.717, 1.165) is 0 Å². The molecule has 0 atom stereocenters. The third-order valence-electron chi connectivity index (χ3n) is 2.06. The number of hydrogen-bond acceptors (Lipinski definition) is 4. The number of carboxylic acids is 1. The second kappa shape index (κ2) is 4.71. The smallest absolute Gasteiger partial charge is 0.340 e. The Morgan fingerprint density at radius 3 is 2.29 bits per heavy atom. The third kappa shape index (κ3) is 3.08. The monoisotopic (exact) mass is 231 g/mol. The summed E-state index contributed by atoms with van der Waals surface area (Å²) in [6.45, 7) is 3.07. The SMILES string of the molecule is C#CC(C)(C)OC(=O)c1ccccc1C(=O)[O-]. The third-order valence-corrected chi connectivity index (χ3v) is 2.06. The van der Waals surface area contributed by atoms with Crippen molar-refractivity contribution in [3.05, 3.63) is 35.4 Å². The number of rotatable bonds is 3. The minimum Gasteiger partial charge on any atom is -0.545 e. The quantitative estimate of drug-likeness (QED) is 0.565. The molecule has 1 aromatic rings. The van der Waals surface area contributed by atoms with E-state index >= 15 is 0 Å². The van der Waals surface area contributed by atoms with Crippen molar-refractivity contribution in [2.24, 2.45) is 0 Å². The van der Waals surface area contributed by atoms with Crippen molar-refractivity contribution in [1.82, 2.24) is 0 Å². The van der Waals surface area contributed by atoms with Crippen LogP contribution >= 0.6 is 0 Å². The van der Waals surface area contributed by atoms with Crippen molar-refractivity contribution in [2.45, 2.75) is 19.4 Å². The lowest BCUT2D eigenvalue weighted by atomic mass is 10.1. The lowest BCUT2D eigenvalue weighted by Crippen LogP contribution is -2.29.